The molecule has 2 aliphatic rings. The zero-order chi connectivity index (χ0) is 40.2. The summed E-state index contributed by atoms with van der Waals surface area (Å²) in [7, 11) is 1.39. The molecule has 4 atom stereocenters. The van der Waals surface area contributed by atoms with Gasteiger partial charge >= 0.3 is 18.2 Å². The van der Waals surface area contributed by atoms with Gasteiger partial charge in [0.15, 0.2) is 17.7 Å². The van der Waals surface area contributed by atoms with Crippen molar-refractivity contribution >= 4 is 47.3 Å². The van der Waals surface area contributed by atoms with Crippen molar-refractivity contribution in [1.29, 1.82) is 0 Å². The van der Waals surface area contributed by atoms with E-state index >= 15 is 0 Å². The number of carboxylic acids is 1. The summed E-state index contributed by atoms with van der Waals surface area (Å²) in [6, 6.07) is 6.63. The number of ether oxygens (including phenoxy) is 4. The first-order valence-corrected chi connectivity index (χ1v) is 18.0. The number of rotatable bonds is 16. The van der Waals surface area contributed by atoms with Gasteiger partial charge in [-0.15, -0.1) is 0 Å². The Labute approximate surface area is 318 Å². The number of nitrogens with one attached hydrogen (secondary N) is 3. The van der Waals surface area contributed by atoms with Gasteiger partial charge in [-0.2, -0.15) is 0 Å². The first-order chi connectivity index (χ1) is 26.2. The second-order valence-electron chi connectivity index (χ2n) is 13.4. The highest BCUT2D eigenvalue weighted by molar-refractivity contribution is 6.06. The van der Waals surface area contributed by atoms with E-state index in [1.54, 1.807) is 43.0 Å². The van der Waals surface area contributed by atoms with Crippen molar-refractivity contribution in [3.05, 3.63) is 60.2 Å². The Morgan fingerprint density at radius 2 is 1.73 bits per heavy atom. The molecule has 4 rings (SSSR count). The van der Waals surface area contributed by atoms with Crippen LogP contribution in [0.5, 0.6) is 11.5 Å². The van der Waals surface area contributed by atoms with Crippen LogP contribution in [0.4, 0.5) is 21.0 Å². The zero-order valence-corrected chi connectivity index (χ0v) is 31.4. The summed E-state index contributed by atoms with van der Waals surface area (Å²) in [6.45, 7) is 8.59. The first-order valence-electron chi connectivity index (χ1n) is 18.0. The van der Waals surface area contributed by atoms with Crippen LogP contribution in [0.2, 0.25) is 0 Å². The van der Waals surface area contributed by atoms with Crippen molar-refractivity contribution in [3.8, 4) is 11.5 Å². The fraction of sp³-hybridized carbons (Fsp3) is 0.474. The van der Waals surface area contributed by atoms with E-state index in [0.717, 1.165) is 17.7 Å². The highest BCUT2D eigenvalue weighted by Gasteiger charge is 2.44. The van der Waals surface area contributed by atoms with Crippen LogP contribution in [0.15, 0.2) is 49.1 Å². The summed E-state index contributed by atoms with van der Waals surface area (Å²) in [5.41, 5.74) is 1.08. The molecule has 0 saturated carbocycles. The van der Waals surface area contributed by atoms with E-state index in [9.17, 15) is 33.9 Å². The second-order valence-corrected chi connectivity index (χ2v) is 13.4. The lowest BCUT2D eigenvalue weighted by Crippen LogP contribution is -2.55. The largest absolute Gasteiger partial charge is 0.493 e. The quantitative estimate of drug-likeness (QED) is 0.122. The van der Waals surface area contributed by atoms with Gasteiger partial charge in [0.2, 0.25) is 11.8 Å². The highest BCUT2D eigenvalue weighted by atomic mass is 16.6. The third kappa shape index (κ3) is 10.9. The van der Waals surface area contributed by atoms with Crippen LogP contribution in [0.1, 0.15) is 68.8 Å². The van der Waals surface area contributed by atoms with Crippen LogP contribution in [0.25, 0.3) is 0 Å². The molecule has 17 heteroatoms. The predicted octanol–water partition coefficient (Wildman–Crippen LogP) is 3.79. The molecule has 1 saturated heterocycles. The van der Waals surface area contributed by atoms with Crippen molar-refractivity contribution < 1.29 is 57.9 Å². The number of alkyl carbamates (subject to hydrolysis) is 1. The summed E-state index contributed by atoms with van der Waals surface area (Å²) in [5.74, 6) is -2.42. The average Bonchev–Trinajstić information content (AvgIpc) is 3.25. The van der Waals surface area contributed by atoms with Gasteiger partial charge in [0.05, 0.1) is 31.0 Å². The second kappa shape index (κ2) is 19.5. The smallest absolute Gasteiger partial charge is 0.416 e. The molecule has 0 aliphatic carbocycles. The summed E-state index contributed by atoms with van der Waals surface area (Å²) in [5, 5.41) is 28.4. The van der Waals surface area contributed by atoms with E-state index in [1.807, 2.05) is 0 Å². The van der Waals surface area contributed by atoms with E-state index in [1.165, 1.54) is 32.2 Å². The number of aliphatic carboxylic acids is 1. The molecule has 2 heterocycles. The van der Waals surface area contributed by atoms with Crippen molar-refractivity contribution in [1.82, 2.24) is 15.5 Å². The lowest BCUT2D eigenvalue weighted by atomic mass is 10.0. The Kier molecular flexibility index (Phi) is 14.8. The molecule has 2 aromatic rings. The maximum absolute atomic E-state index is 13.8. The lowest BCUT2D eigenvalue weighted by molar-refractivity contribution is -0.137. The van der Waals surface area contributed by atoms with Gasteiger partial charge in [0.25, 0.3) is 5.91 Å². The Morgan fingerprint density at radius 1 is 1.00 bits per heavy atom. The molecule has 55 heavy (non-hydrogen) atoms. The number of carbonyl (C=O) groups is 6. The highest BCUT2D eigenvalue weighted by Crippen LogP contribution is 2.41. The fourth-order valence-electron chi connectivity index (χ4n) is 6.15. The van der Waals surface area contributed by atoms with Gasteiger partial charge in [-0.1, -0.05) is 38.6 Å². The number of methoxy groups -OCH3 is 1. The van der Waals surface area contributed by atoms with Gasteiger partial charge in [0, 0.05) is 24.7 Å². The fourth-order valence-corrected chi connectivity index (χ4v) is 6.15. The molecule has 5 amide bonds. The van der Waals surface area contributed by atoms with E-state index in [0.29, 0.717) is 24.2 Å². The number of carboxylic acid groups (broad SMARTS) is 1. The molecule has 0 bridgehead atoms. The van der Waals surface area contributed by atoms with Crippen LogP contribution in [-0.4, -0.2) is 102 Å². The van der Waals surface area contributed by atoms with Gasteiger partial charge in [-0.05, 0) is 62.3 Å². The number of piperidine rings is 1. The van der Waals surface area contributed by atoms with Crippen LogP contribution in [-0.2, 0) is 30.5 Å². The maximum Gasteiger partial charge on any atom is 0.416 e. The van der Waals surface area contributed by atoms with E-state index in [2.05, 4.69) is 22.5 Å². The minimum absolute atomic E-state index is 0.0198. The van der Waals surface area contributed by atoms with Crippen molar-refractivity contribution in [2.24, 2.45) is 5.92 Å². The van der Waals surface area contributed by atoms with Crippen LogP contribution in [0, 0.1) is 5.92 Å². The number of hydrogen-bond acceptors (Lipinski definition) is 11. The first kappa shape index (κ1) is 41.9. The van der Waals surface area contributed by atoms with Crippen molar-refractivity contribution in [2.45, 2.75) is 83.8 Å². The summed E-state index contributed by atoms with van der Waals surface area (Å²) >= 11 is 0. The van der Waals surface area contributed by atoms with E-state index in [4.69, 9.17) is 24.1 Å². The van der Waals surface area contributed by atoms with Crippen molar-refractivity contribution in [3.63, 3.8) is 0 Å². The Hall–Kier alpha value is -5.84. The van der Waals surface area contributed by atoms with Crippen LogP contribution in [0.3, 0.4) is 0 Å². The Balaban J connectivity index is 1.44. The SMILES string of the molecule is C=CCOC(=O)N[C@H](C(=O)N[C@@H](C)C(=O)Nc1ccc(COC(=O)N2c3cc(OCCCC(=O)O)c(OC)cc3C(=O)N3CCCC[C@H]3[C@@H]2O)cc1)C(C)C. The molecule has 17 nitrogen and oxygen atoms in total. The summed E-state index contributed by atoms with van der Waals surface area (Å²) in [6.07, 6.45) is 0.211. The molecule has 1 fully saturated rings. The Bertz CT molecular complexity index is 1730. The third-order valence-corrected chi connectivity index (χ3v) is 9.07. The average molecular weight is 768 g/mol. The normalized spacial score (nSPS) is 17.4. The zero-order valence-electron chi connectivity index (χ0n) is 31.4. The Morgan fingerprint density at radius 3 is 2.38 bits per heavy atom. The summed E-state index contributed by atoms with van der Waals surface area (Å²) in [4.78, 5) is 78.9. The number of benzene rings is 2. The standard InChI is InChI=1S/C38H49N5O12/c1-6-17-54-37(50)41-32(22(2)3)34(47)39-23(4)33(46)40-25-14-12-24(13-15-25)21-55-38(51)43-28-20-30(53-18-9-11-31(44)45)29(52-5)19-26(28)35(48)42-16-8-7-10-27(42)36(43)49/h6,12-15,19-20,22-23,27,32,36,49H,1,7-11,16-18,21H2,2-5H3,(H,39,47)(H,40,46)(H,41,50)(H,44,45)/t23-,27-,32-,36-/m0/s1. The molecule has 2 aromatic carbocycles. The van der Waals surface area contributed by atoms with Crippen molar-refractivity contribution in [2.75, 3.05) is 37.1 Å². The molecule has 0 aromatic heterocycles. The minimum Gasteiger partial charge on any atom is -0.493 e. The topological polar surface area (TPSA) is 222 Å². The maximum atomic E-state index is 13.8. The molecule has 0 radical (unpaired) electrons. The van der Waals surface area contributed by atoms with Crippen LogP contribution >= 0.6 is 0 Å². The molecule has 2 aliphatic heterocycles. The molecular weight excluding hydrogens is 718 g/mol. The predicted molar refractivity (Wildman–Crippen MR) is 199 cm³/mol. The number of carbonyl (C=O) groups excluding carboxylic acids is 5. The van der Waals surface area contributed by atoms with Crippen LogP contribution < -0.4 is 30.3 Å². The van der Waals surface area contributed by atoms with Gasteiger partial charge in [0.1, 0.15) is 25.3 Å². The number of aliphatic hydroxyl groups excluding tert-OH is 1. The number of hydrogen-bond donors (Lipinski definition) is 5. The molecule has 298 valence electrons. The number of aliphatic hydroxyl groups is 1. The van der Waals surface area contributed by atoms with E-state index in [-0.39, 0.29) is 61.3 Å². The lowest BCUT2D eigenvalue weighted by Gasteiger charge is -2.38. The summed E-state index contributed by atoms with van der Waals surface area (Å²) < 4.78 is 21.8. The van der Waals surface area contributed by atoms with Gasteiger partial charge in [-0.25, -0.2) is 14.5 Å². The number of nitrogens with zero attached hydrogens (tertiary/aromatic N) is 2. The van der Waals surface area contributed by atoms with Gasteiger partial charge in [-0.3, -0.25) is 19.2 Å². The molecular formula is C38H49N5O12. The monoisotopic (exact) mass is 767 g/mol. The molecule has 0 unspecified atom stereocenters. The molecule has 0 spiro atoms. The number of amides is 5. The van der Waals surface area contributed by atoms with E-state index < -0.39 is 60.2 Å². The van der Waals surface area contributed by atoms with Gasteiger partial charge < -0.3 is 50.0 Å². The number of fused-ring (bicyclic) bond motifs is 2. The number of anilines is 2. The minimum atomic E-state index is -1.45. The molecule has 5 N–H and O–H groups in total. The third-order valence-electron chi connectivity index (χ3n) is 9.07.